The van der Waals surface area contributed by atoms with Gasteiger partial charge in [0.05, 0.1) is 6.04 Å². The van der Waals surface area contributed by atoms with E-state index in [-0.39, 0.29) is 11.9 Å². The van der Waals surface area contributed by atoms with Gasteiger partial charge in [-0.1, -0.05) is 0 Å². The smallest absolute Gasteiger partial charge is 0.237 e. The Balaban J connectivity index is 2.08. The second-order valence-corrected chi connectivity index (χ2v) is 4.65. The Labute approximate surface area is 108 Å². The number of rotatable bonds is 1. The highest BCUT2D eigenvalue weighted by Crippen LogP contribution is 2.28. The summed E-state index contributed by atoms with van der Waals surface area (Å²) in [5.41, 5.74) is 2.31. The van der Waals surface area contributed by atoms with Gasteiger partial charge in [0.1, 0.15) is 0 Å². The molecular weight excluding hydrogens is 252 g/mol. The lowest BCUT2D eigenvalue weighted by Crippen LogP contribution is -2.46. The van der Waals surface area contributed by atoms with Crippen molar-refractivity contribution in [2.24, 2.45) is 0 Å². The third kappa shape index (κ3) is 1.88. The maximum atomic E-state index is 13.3. The lowest BCUT2D eigenvalue weighted by atomic mass is 9.98. The summed E-state index contributed by atoms with van der Waals surface area (Å²) in [4.78, 5) is 14.7. The molecule has 0 radical (unpaired) electrons. The van der Waals surface area contributed by atoms with E-state index in [1.807, 2.05) is 0 Å². The lowest BCUT2D eigenvalue weighted by molar-refractivity contribution is -0.122. The molecule has 1 aromatic carbocycles. The molecule has 4 nitrogen and oxygen atoms in total. The van der Waals surface area contributed by atoms with Crippen molar-refractivity contribution in [2.45, 2.75) is 19.0 Å². The van der Waals surface area contributed by atoms with Crippen LogP contribution in [0, 0.1) is 11.6 Å². The normalized spacial score (nSPS) is 18.4. The number of benzene rings is 1. The number of hydrogen-bond donors (Lipinski definition) is 3. The minimum atomic E-state index is -0.873. The highest BCUT2D eigenvalue weighted by atomic mass is 19.2. The molecule has 1 amide bonds. The quantitative estimate of drug-likeness (QED) is 0.726. The van der Waals surface area contributed by atoms with Crippen LogP contribution in [-0.4, -0.2) is 24.0 Å². The van der Waals surface area contributed by atoms with Crippen LogP contribution in [-0.2, 0) is 17.8 Å². The van der Waals surface area contributed by atoms with Crippen LogP contribution in [0.15, 0.2) is 12.1 Å². The summed E-state index contributed by atoms with van der Waals surface area (Å²) >= 11 is 0. The van der Waals surface area contributed by atoms with Gasteiger partial charge in [-0.05, 0) is 18.1 Å². The molecule has 0 spiro atoms. The first-order valence-electron chi connectivity index (χ1n) is 6.03. The molecule has 2 aromatic rings. The number of likely N-dealkylation sites (N-methyl/N-ethyl adjacent to an activating group) is 1. The fourth-order valence-electron chi connectivity index (χ4n) is 2.55. The van der Waals surface area contributed by atoms with Crippen molar-refractivity contribution >= 4 is 16.8 Å². The molecular formula is C13H13F2N3O. The third-order valence-electron chi connectivity index (χ3n) is 3.53. The standard InChI is InChI=1S/C13H13F2N3O/c1-16-13(19)11-3-7-6-2-8(14)9(15)4-10(6)18-12(7)5-17-11/h2,4,11,17-18H,3,5H2,1H3,(H,16,19). The lowest BCUT2D eigenvalue weighted by Gasteiger charge is -2.22. The van der Waals surface area contributed by atoms with Crippen molar-refractivity contribution in [3.8, 4) is 0 Å². The molecule has 3 N–H and O–H groups in total. The molecule has 3 rings (SSSR count). The van der Waals surface area contributed by atoms with Crippen molar-refractivity contribution < 1.29 is 13.6 Å². The number of amides is 1. The van der Waals surface area contributed by atoms with Crippen LogP contribution >= 0.6 is 0 Å². The maximum Gasteiger partial charge on any atom is 0.237 e. The summed E-state index contributed by atoms with van der Waals surface area (Å²) in [6, 6.07) is 1.99. The number of H-pyrrole nitrogens is 1. The van der Waals surface area contributed by atoms with E-state index in [4.69, 9.17) is 0 Å². The first-order chi connectivity index (χ1) is 9.10. The summed E-state index contributed by atoms with van der Waals surface area (Å²) in [5, 5.41) is 6.31. The molecule has 1 aromatic heterocycles. The van der Waals surface area contributed by atoms with Crippen molar-refractivity contribution in [1.82, 2.24) is 15.6 Å². The van der Waals surface area contributed by atoms with Gasteiger partial charge >= 0.3 is 0 Å². The summed E-state index contributed by atoms with van der Waals surface area (Å²) in [6.07, 6.45) is 0.458. The minimum Gasteiger partial charge on any atom is -0.358 e. The molecule has 0 fully saturated rings. The first-order valence-corrected chi connectivity index (χ1v) is 6.03. The summed E-state index contributed by atoms with van der Waals surface area (Å²) in [6.45, 7) is 0.478. The van der Waals surface area contributed by atoms with Gasteiger partial charge in [-0.2, -0.15) is 0 Å². The highest BCUT2D eigenvalue weighted by molar-refractivity contribution is 5.88. The Morgan fingerprint density at radius 2 is 2.11 bits per heavy atom. The van der Waals surface area contributed by atoms with E-state index in [0.29, 0.717) is 23.9 Å². The predicted molar refractivity (Wildman–Crippen MR) is 66.6 cm³/mol. The summed E-state index contributed by atoms with van der Waals surface area (Å²) < 4.78 is 26.5. The largest absolute Gasteiger partial charge is 0.358 e. The van der Waals surface area contributed by atoms with Gasteiger partial charge in [-0.3, -0.25) is 10.1 Å². The van der Waals surface area contributed by atoms with Gasteiger partial charge in [0, 0.05) is 36.3 Å². The number of hydrogen-bond acceptors (Lipinski definition) is 2. The van der Waals surface area contributed by atoms with E-state index in [0.717, 1.165) is 17.3 Å². The molecule has 1 aliphatic heterocycles. The Kier molecular flexibility index (Phi) is 2.74. The predicted octanol–water partition coefficient (Wildman–Crippen LogP) is 1.21. The molecule has 6 heteroatoms. The molecule has 0 saturated heterocycles. The number of fused-ring (bicyclic) bond motifs is 3. The van der Waals surface area contributed by atoms with Crippen LogP contribution < -0.4 is 10.6 Å². The van der Waals surface area contributed by atoms with Crippen molar-refractivity contribution in [3.63, 3.8) is 0 Å². The number of carbonyl (C=O) groups is 1. The second-order valence-electron chi connectivity index (χ2n) is 4.65. The Morgan fingerprint density at radius 1 is 1.37 bits per heavy atom. The Bertz CT molecular complexity index is 665. The molecule has 0 saturated carbocycles. The number of aromatic nitrogens is 1. The van der Waals surface area contributed by atoms with Gasteiger partial charge < -0.3 is 10.3 Å². The monoisotopic (exact) mass is 265 g/mol. The SMILES string of the molecule is CNC(=O)C1Cc2c([nH]c3cc(F)c(F)cc23)CN1. The van der Waals surface area contributed by atoms with Crippen molar-refractivity contribution in [3.05, 3.63) is 35.0 Å². The van der Waals surface area contributed by atoms with Gasteiger partial charge in [-0.25, -0.2) is 8.78 Å². The molecule has 0 bridgehead atoms. The number of nitrogens with one attached hydrogen (secondary N) is 3. The zero-order chi connectivity index (χ0) is 13.6. The number of halogens is 2. The van der Waals surface area contributed by atoms with Crippen LogP contribution in [0.2, 0.25) is 0 Å². The Hall–Kier alpha value is -1.95. The van der Waals surface area contributed by atoms with E-state index < -0.39 is 11.6 Å². The van der Waals surface area contributed by atoms with E-state index >= 15 is 0 Å². The van der Waals surface area contributed by atoms with Crippen LogP contribution in [0.3, 0.4) is 0 Å². The van der Waals surface area contributed by atoms with E-state index in [2.05, 4.69) is 15.6 Å². The average molecular weight is 265 g/mol. The third-order valence-corrected chi connectivity index (χ3v) is 3.53. The van der Waals surface area contributed by atoms with Gasteiger partial charge in [0.2, 0.25) is 5.91 Å². The van der Waals surface area contributed by atoms with Crippen molar-refractivity contribution in [1.29, 1.82) is 0 Å². The minimum absolute atomic E-state index is 0.109. The molecule has 0 aliphatic carbocycles. The van der Waals surface area contributed by atoms with E-state index in [9.17, 15) is 13.6 Å². The molecule has 2 heterocycles. The van der Waals surface area contributed by atoms with Gasteiger partial charge in [0.25, 0.3) is 0 Å². The van der Waals surface area contributed by atoms with Crippen LogP contribution in [0.1, 0.15) is 11.3 Å². The van der Waals surface area contributed by atoms with Crippen LogP contribution in [0.4, 0.5) is 8.78 Å². The van der Waals surface area contributed by atoms with Crippen LogP contribution in [0.5, 0.6) is 0 Å². The zero-order valence-corrected chi connectivity index (χ0v) is 10.3. The molecule has 19 heavy (non-hydrogen) atoms. The molecule has 100 valence electrons. The number of aromatic amines is 1. The zero-order valence-electron chi connectivity index (χ0n) is 10.3. The summed E-state index contributed by atoms with van der Waals surface area (Å²) in [5.74, 6) is -1.85. The fraction of sp³-hybridized carbons (Fsp3) is 0.308. The van der Waals surface area contributed by atoms with Gasteiger partial charge in [0.15, 0.2) is 11.6 Å². The molecule has 1 unspecified atom stereocenters. The van der Waals surface area contributed by atoms with Gasteiger partial charge in [-0.15, -0.1) is 0 Å². The molecule has 1 atom stereocenters. The van der Waals surface area contributed by atoms with E-state index in [1.165, 1.54) is 6.07 Å². The van der Waals surface area contributed by atoms with Crippen LogP contribution in [0.25, 0.3) is 10.9 Å². The number of carbonyl (C=O) groups excluding carboxylic acids is 1. The topological polar surface area (TPSA) is 56.9 Å². The summed E-state index contributed by atoms with van der Waals surface area (Å²) in [7, 11) is 1.57. The maximum absolute atomic E-state index is 13.3. The van der Waals surface area contributed by atoms with E-state index in [1.54, 1.807) is 7.05 Å². The molecule has 1 aliphatic rings. The fourth-order valence-corrected chi connectivity index (χ4v) is 2.55. The van der Waals surface area contributed by atoms with Crippen molar-refractivity contribution in [2.75, 3.05) is 7.05 Å². The second kappa shape index (κ2) is 4.31. The highest BCUT2D eigenvalue weighted by Gasteiger charge is 2.26. The average Bonchev–Trinajstić information content (AvgIpc) is 2.75. The first kappa shape index (κ1) is 12.1. The Morgan fingerprint density at radius 3 is 2.84 bits per heavy atom.